The molecule has 0 aliphatic rings. The molecule has 1 unspecified atom stereocenters. The SMILES string of the molecule is NC(CC=O)CC(=O)O. The van der Waals surface area contributed by atoms with Gasteiger partial charge in [-0.3, -0.25) is 4.79 Å². The molecular formula is C5H9NO3. The summed E-state index contributed by atoms with van der Waals surface area (Å²) in [4.78, 5) is 19.6. The highest BCUT2D eigenvalue weighted by Gasteiger charge is 2.05. The summed E-state index contributed by atoms with van der Waals surface area (Å²) in [5.74, 6) is -0.968. The molecule has 0 radical (unpaired) electrons. The van der Waals surface area contributed by atoms with Gasteiger partial charge in [0.15, 0.2) is 0 Å². The molecule has 3 N–H and O–H groups in total. The molecule has 0 heterocycles. The van der Waals surface area contributed by atoms with E-state index in [1.807, 2.05) is 0 Å². The number of carboxylic acid groups (broad SMARTS) is 1. The topological polar surface area (TPSA) is 80.4 Å². The number of rotatable bonds is 4. The molecule has 9 heavy (non-hydrogen) atoms. The Morgan fingerprint density at radius 1 is 1.78 bits per heavy atom. The van der Waals surface area contributed by atoms with E-state index >= 15 is 0 Å². The molecule has 0 aliphatic heterocycles. The van der Waals surface area contributed by atoms with Crippen molar-refractivity contribution in [2.75, 3.05) is 0 Å². The minimum atomic E-state index is -0.968. The van der Waals surface area contributed by atoms with Crippen LogP contribution in [0.3, 0.4) is 0 Å². The van der Waals surface area contributed by atoms with E-state index < -0.39 is 12.0 Å². The highest BCUT2D eigenvalue weighted by molar-refractivity contribution is 5.68. The van der Waals surface area contributed by atoms with Gasteiger partial charge in [0.1, 0.15) is 6.29 Å². The first kappa shape index (κ1) is 8.10. The van der Waals surface area contributed by atoms with Crippen LogP contribution in [0.25, 0.3) is 0 Å². The Kier molecular flexibility index (Phi) is 3.62. The van der Waals surface area contributed by atoms with Crippen molar-refractivity contribution in [3.63, 3.8) is 0 Å². The molecule has 0 amide bonds. The van der Waals surface area contributed by atoms with Crippen LogP contribution in [0.5, 0.6) is 0 Å². The minimum absolute atomic E-state index is 0.117. The molecular weight excluding hydrogens is 122 g/mol. The Balaban J connectivity index is 3.37. The summed E-state index contributed by atoms with van der Waals surface area (Å²) in [6.45, 7) is 0. The van der Waals surface area contributed by atoms with Gasteiger partial charge in [0.05, 0.1) is 6.42 Å². The maximum atomic E-state index is 9.89. The average molecular weight is 131 g/mol. The third-order valence-corrected chi connectivity index (χ3v) is 0.836. The number of hydrogen-bond acceptors (Lipinski definition) is 3. The van der Waals surface area contributed by atoms with Crippen LogP contribution in [0.1, 0.15) is 12.8 Å². The number of nitrogens with two attached hydrogens (primary N) is 1. The third-order valence-electron chi connectivity index (χ3n) is 0.836. The second-order valence-electron chi connectivity index (χ2n) is 1.76. The predicted octanol–water partition coefficient (Wildman–Crippen LogP) is -0.623. The maximum absolute atomic E-state index is 9.89. The summed E-state index contributed by atoms with van der Waals surface area (Å²) >= 11 is 0. The molecule has 4 heteroatoms. The van der Waals surface area contributed by atoms with Crippen molar-refractivity contribution >= 4 is 12.3 Å². The molecule has 0 aliphatic carbocycles. The van der Waals surface area contributed by atoms with Gasteiger partial charge in [-0.25, -0.2) is 0 Å². The van der Waals surface area contributed by atoms with Crippen LogP contribution in [0.2, 0.25) is 0 Å². The lowest BCUT2D eigenvalue weighted by atomic mass is 10.2. The molecule has 0 bridgehead atoms. The van der Waals surface area contributed by atoms with Gasteiger partial charge >= 0.3 is 5.97 Å². The number of aldehydes is 1. The van der Waals surface area contributed by atoms with Crippen molar-refractivity contribution in [2.24, 2.45) is 5.73 Å². The molecule has 0 fully saturated rings. The molecule has 52 valence electrons. The number of carbonyl (C=O) groups excluding carboxylic acids is 1. The fourth-order valence-corrected chi connectivity index (χ4v) is 0.431. The van der Waals surface area contributed by atoms with Gasteiger partial charge in [-0.05, 0) is 0 Å². The van der Waals surface area contributed by atoms with E-state index in [2.05, 4.69) is 0 Å². The Bertz CT molecular complexity index is 113. The number of carbonyl (C=O) groups is 2. The molecule has 1 atom stereocenters. The fraction of sp³-hybridized carbons (Fsp3) is 0.600. The van der Waals surface area contributed by atoms with Crippen molar-refractivity contribution in [3.05, 3.63) is 0 Å². The van der Waals surface area contributed by atoms with Gasteiger partial charge in [0.25, 0.3) is 0 Å². The monoisotopic (exact) mass is 131 g/mol. The second kappa shape index (κ2) is 4.03. The van der Waals surface area contributed by atoms with E-state index in [4.69, 9.17) is 10.8 Å². The second-order valence-corrected chi connectivity index (χ2v) is 1.76. The summed E-state index contributed by atoms with van der Waals surface area (Å²) in [6.07, 6.45) is 0.596. The van der Waals surface area contributed by atoms with E-state index in [-0.39, 0.29) is 12.8 Å². The zero-order chi connectivity index (χ0) is 7.28. The highest BCUT2D eigenvalue weighted by Crippen LogP contribution is 1.90. The van der Waals surface area contributed by atoms with Crippen molar-refractivity contribution in [1.29, 1.82) is 0 Å². The van der Waals surface area contributed by atoms with E-state index in [1.165, 1.54) is 0 Å². The van der Waals surface area contributed by atoms with Crippen LogP contribution in [0.4, 0.5) is 0 Å². The lowest BCUT2D eigenvalue weighted by Crippen LogP contribution is -2.23. The summed E-state index contributed by atoms with van der Waals surface area (Å²) in [5.41, 5.74) is 5.17. The van der Waals surface area contributed by atoms with Crippen molar-refractivity contribution in [3.8, 4) is 0 Å². The summed E-state index contributed by atoms with van der Waals surface area (Å²) < 4.78 is 0. The largest absolute Gasteiger partial charge is 0.481 e. The lowest BCUT2D eigenvalue weighted by molar-refractivity contribution is -0.137. The number of aliphatic carboxylic acids is 1. The first-order chi connectivity index (χ1) is 4.16. The van der Waals surface area contributed by atoms with Crippen LogP contribution < -0.4 is 5.73 Å². The van der Waals surface area contributed by atoms with Crippen LogP contribution in [-0.2, 0) is 9.59 Å². The molecule has 0 rings (SSSR count). The standard InChI is InChI=1S/C5H9NO3/c6-4(1-2-7)3-5(8)9/h2,4H,1,3,6H2,(H,8,9). The lowest BCUT2D eigenvalue weighted by Gasteiger charge is -2.00. The first-order valence-corrected chi connectivity index (χ1v) is 2.58. The fourth-order valence-electron chi connectivity index (χ4n) is 0.431. The van der Waals surface area contributed by atoms with Gasteiger partial charge in [-0.15, -0.1) is 0 Å². The van der Waals surface area contributed by atoms with Gasteiger partial charge in [0.2, 0.25) is 0 Å². The molecule has 4 nitrogen and oxygen atoms in total. The van der Waals surface area contributed by atoms with Crippen molar-refractivity contribution < 1.29 is 14.7 Å². The quantitative estimate of drug-likeness (QED) is 0.498. The number of carboxylic acids is 1. The first-order valence-electron chi connectivity index (χ1n) is 2.58. The van der Waals surface area contributed by atoms with Gasteiger partial charge in [-0.2, -0.15) is 0 Å². The molecule has 0 aromatic carbocycles. The van der Waals surface area contributed by atoms with Gasteiger partial charge < -0.3 is 15.6 Å². The molecule has 0 aromatic heterocycles. The number of hydrogen-bond donors (Lipinski definition) is 2. The van der Waals surface area contributed by atoms with Crippen LogP contribution in [0.15, 0.2) is 0 Å². The van der Waals surface area contributed by atoms with E-state index in [1.54, 1.807) is 0 Å². The molecule has 0 saturated heterocycles. The van der Waals surface area contributed by atoms with Crippen LogP contribution >= 0.6 is 0 Å². The Morgan fingerprint density at radius 3 is 2.67 bits per heavy atom. The zero-order valence-electron chi connectivity index (χ0n) is 4.91. The Hall–Kier alpha value is -0.900. The average Bonchev–Trinajstić information content (AvgIpc) is 1.63. The zero-order valence-corrected chi connectivity index (χ0v) is 4.91. The highest BCUT2D eigenvalue weighted by atomic mass is 16.4. The van der Waals surface area contributed by atoms with Crippen molar-refractivity contribution in [2.45, 2.75) is 18.9 Å². The summed E-state index contributed by atoms with van der Waals surface area (Å²) in [6, 6.07) is -0.528. The van der Waals surface area contributed by atoms with E-state index in [9.17, 15) is 9.59 Å². The molecule has 0 spiro atoms. The van der Waals surface area contributed by atoms with Gasteiger partial charge in [-0.1, -0.05) is 0 Å². The minimum Gasteiger partial charge on any atom is -0.481 e. The smallest absolute Gasteiger partial charge is 0.304 e. The Morgan fingerprint density at radius 2 is 2.33 bits per heavy atom. The molecule has 0 aromatic rings. The maximum Gasteiger partial charge on any atom is 0.304 e. The summed E-state index contributed by atoms with van der Waals surface area (Å²) in [5, 5.41) is 8.11. The van der Waals surface area contributed by atoms with Crippen molar-refractivity contribution in [1.82, 2.24) is 0 Å². The van der Waals surface area contributed by atoms with E-state index in [0.29, 0.717) is 6.29 Å². The third kappa shape index (κ3) is 4.96. The van der Waals surface area contributed by atoms with E-state index in [0.717, 1.165) is 0 Å². The van der Waals surface area contributed by atoms with Gasteiger partial charge in [0, 0.05) is 12.5 Å². The van der Waals surface area contributed by atoms with Crippen LogP contribution in [-0.4, -0.2) is 23.4 Å². The predicted molar refractivity (Wildman–Crippen MR) is 30.9 cm³/mol. The Labute approximate surface area is 52.7 Å². The normalized spacial score (nSPS) is 12.6. The summed E-state index contributed by atoms with van der Waals surface area (Å²) in [7, 11) is 0. The molecule has 0 saturated carbocycles. The van der Waals surface area contributed by atoms with Crippen LogP contribution in [0, 0.1) is 0 Å².